The van der Waals surface area contributed by atoms with Gasteiger partial charge in [-0.15, -0.1) is 11.8 Å². The highest BCUT2D eigenvalue weighted by Gasteiger charge is 2.26. The third kappa shape index (κ3) is 5.44. The van der Waals surface area contributed by atoms with E-state index in [0.717, 1.165) is 35.1 Å². The third-order valence-electron chi connectivity index (χ3n) is 4.85. The predicted molar refractivity (Wildman–Crippen MR) is 118 cm³/mol. The van der Waals surface area contributed by atoms with Crippen molar-refractivity contribution in [3.8, 4) is 5.75 Å². The van der Waals surface area contributed by atoms with Gasteiger partial charge in [-0.2, -0.15) is 0 Å². The van der Waals surface area contributed by atoms with Gasteiger partial charge in [0.15, 0.2) is 0 Å². The van der Waals surface area contributed by atoms with Crippen LogP contribution < -0.4 is 15.0 Å². The molecule has 0 radical (unpaired) electrons. The van der Waals surface area contributed by atoms with Crippen LogP contribution in [0.1, 0.15) is 13.8 Å². The number of ether oxygens (including phenoxy) is 1. The van der Waals surface area contributed by atoms with E-state index in [0.29, 0.717) is 13.1 Å². The largest absolute Gasteiger partial charge is 0.495 e. The maximum Gasteiger partial charge on any atom is 0.235 e. The fourth-order valence-corrected chi connectivity index (χ4v) is 4.34. The van der Waals surface area contributed by atoms with Crippen molar-refractivity contribution < 1.29 is 14.3 Å². The molecule has 1 saturated heterocycles. The van der Waals surface area contributed by atoms with Crippen molar-refractivity contribution in [2.75, 3.05) is 43.5 Å². The molecule has 0 spiro atoms. The molecule has 0 bridgehead atoms. The number of piperazine rings is 1. The normalized spacial score (nSPS) is 15.0. The summed E-state index contributed by atoms with van der Waals surface area (Å²) in [5, 5.41) is 2.58. The minimum absolute atomic E-state index is 0.0961. The van der Waals surface area contributed by atoms with Gasteiger partial charge in [0.2, 0.25) is 11.8 Å². The first-order valence-corrected chi connectivity index (χ1v) is 10.6. The summed E-state index contributed by atoms with van der Waals surface area (Å²) in [5.74, 6) is 0.917. The van der Waals surface area contributed by atoms with Gasteiger partial charge in [-0.3, -0.25) is 9.59 Å². The van der Waals surface area contributed by atoms with Gasteiger partial charge in [-0.1, -0.05) is 12.1 Å². The second-order valence-corrected chi connectivity index (χ2v) is 8.36. The van der Waals surface area contributed by atoms with Crippen LogP contribution in [0.2, 0.25) is 0 Å². The summed E-state index contributed by atoms with van der Waals surface area (Å²) in [7, 11) is 1.68. The summed E-state index contributed by atoms with van der Waals surface area (Å²) in [6.45, 7) is 6.40. The van der Waals surface area contributed by atoms with Crippen LogP contribution in [0.4, 0.5) is 11.4 Å². The lowest BCUT2D eigenvalue weighted by molar-refractivity contribution is -0.130. The maximum absolute atomic E-state index is 12.9. The number of nitrogens with one attached hydrogen (secondary N) is 1. The summed E-state index contributed by atoms with van der Waals surface area (Å²) in [6, 6.07) is 15.6. The van der Waals surface area contributed by atoms with Gasteiger partial charge in [-0.05, 0) is 43.3 Å². The minimum Gasteiger partial charge on any atom is -0.495 e. The number of rotatable bonds is 6. The Morgan fingerprint density at radius 3 is 2.31 bits per heavy atom. The molecule has 154 valence electrons. The van der Waals surface area contributed by atoms with E-state index in [2.05, 4.69) is 16.3 Å². The fourth-order valence-electron chi connectivity index (χ4n) is 3.39. The molecule has 1 heterocycles. The Bertz CT molecular complexity index is 849. The Morgan fingerprint density at radius 1 is 1.03 bits per heavy atom. The molecule has 1 N–H and O–H groups in total. The van der Waals surface area contributed by atoms with E-state index in [1.54, 1.807) is 7.11 Å². The number of carbonyl (C=O) groups is 2. The van der Waals surface area contributed by atoms with Crippen LogP contribution in [0.15, 0.2) is 53.4 Å². The van der Waals surface area contributed by atoms with Crippen LogP contribution in [0, 0.1) is 0 Å². The second kappa shape index (κ2) is 9.69. The van der Waals surface area contributed by atoms with Gasteiger partial charge >= 0.3 is 0 Å². The molecule has 1 atom stereocenters. The standard InChI is InChI=1S/C22H27N3O3S/c1-16(29-19-10-8-18(9-11-19)23-17(2)26)22(27)25-14-12-24(13-15-25)20-6-4-5-7-21(20)28-3/h4-11,16H,12-15H2,1-3H3,(H,23,26). The number of para-hydroxylation sites is 2. The van der Waals surface area contributed by atoms with Crippen LogP contribution >= 0.6 is 11.8 Å². The van der Waals surface area contributed by atoms with Gasteiger partial charge in [0.05, 0.1) is 18.0 Å². The van der Waals surface area contributed by atoms with E-state index in [4.69, 9.17) is 4.74 Å². The van der Waals surface area contributed by atoms with Gasteiger partial charge < -0.3 is 19.9 Å². The Hall–Kier alpha value is -2.67. The summed E-state index contributed by atoms with van der Waals surface area (Å²) in [5.41, 5.74) is 1.83. The fraction of sp³-hybridized carbons (Fsp3) is 0.364. The summed E-state index contributed by atoms with van der Waals surface area (Å²) < 4.78 is 5.46. The number of carbonyl (C=O) groups excluding carboxylic acids is 2. The molecule has 1 aliphatic heterocycles. The average Bonchev–Trinajstić information content (AvgIpc) is 2.74. The zero-order chi connectivity index (χ0) is 20.8. The molecule has 0 aliphatic carbocycles. The first-order chi connectivity index (χ1) is 14.0. The molecular weight excluding hydrogens is 386 g/mol. The van der Waals surface area contributed by atoms with Crippen molar-refractivity contribution in [1.29, 1.82) is 0 Å². The molecule has 1 aliphatic rings. The molecular formula is C22H27N3O3S. The summed E-state index contributed by atoms with van der Waals surface area (Å²) >= 11 is 1.54. The Labute approximate surface area is 176 Å². The van der Waals surface area contributed by atoms with Gasteiger partial charge in [0.25, 0.3) is 0 Å². The molecule has 3 rings (SSSR count). The van der Waals surface area contributed by atoms with Gasteiger partial charge in [-0.25, -0.2) is 0 Å². The molecule has 0 aromatic heterocycles. The Kier molecular flexibility index (Phi) is 7.04. The van der Waals surface area contributed by atoms with Crippen molar-refractivity contribution >= 4 is 35.0 Å². The maximum atomic E-state index is 12.9. The predicted octanol–water partition coefficient (Wildman–Crippen LogP) is 3.48. The Balaban J connectivity index is 1.54. The highest BCUT2D eigenvalue weighted by Crippen LogP contribution is 2.29. The van der Waals surface area contributed by atoms with Crippen molar-refractivity contribution in [2.24, 2.45) is 0 Å². The van der Waals surface area contributed by atoms with E-state index < -0.39 is 0 Å². The third-order valence-corrected chi connectivity index (χ3v) is 5.95. The monoisotopic (exact) mass is 413 g/mol. The quantitative estimate of drug-likeness (QED) is 0.735. The average molecular weight is 414 g/mol. The van der Waals surface area contributed by atoms with Crippen LogP contribution in [0.25, 0.3) is 0 Å². The zero-order valence-electron chi connectivity index (χ0n) is 17.1. The number of amides is 2. The van der Waals surface area contributed by atoms with E-state index in [9.17, 15) is 9.59 Å². The lowest BCUT2D eigenvalue weighted by Crippen LogP contribution is -2.50. The molecule has 6 nitrogen and oxygen atoms in total. The highest BCUT2D eigenvalue weighted by molar-refractivity contribution is 8.00. The summed E-state index contributed by atoms with van der Waals surface area (Å²) in [4.78, 5) is 29.2. The number of nitrogens with zero attached hydrogens (tertiary/aromatic N) is 2. The van der Waals surface area contributed by atoms with E-state index in [1.807, 2.05) is 54.3 Å². The topological polar surface area (TPSA) is 61.9 Å². The number of hydrogen-bond acceptors (Lipinski definition) is 5. The SMILES string of the molecule is COc1ccccc1N1CCN(C(=O)C(C)Sc2ccc(NC(C)=O)cc2)CC1. The number of hydrogen-bond donors (Lipinski definition) is 1. The number of benzene rings is 2. The smallest absolute Gasteiger partial charge is 0.235 e. The number of anilines is 2. The van der Waals surface area contributed by atoms with Crippen LogP contribution in [-0.2, 0) is 9.59 Å². The van der Waals surface area contributed by atoms with E-state index in [1.165, 1.54) is 18.7 Å². The first-order valence-electron chi connectivity index (χ1n) is 9.69. The molecule has 2 aromatic carbocycles. The van der Waals surface area contributed by atoms with Crippen LogP contribution in [0.5, 0.6) is 5.75 Å². The van der Waals surface area contributed by atoms with Crippen molar-refractivity contribution in [3.63, 3.8) is 0 Å². The molecule has 29 heavy (non-hydrogen) atoms. The molecule has 0 saturated carbocycles. The molecule has 7 heteroatoms. The lowest BCUT2D eigenvalue weighted by atomic mass is 10.2. The van der Waals surface area contributed by atoms with E-state index in [-0.39, 0.29) is 17.1 Å². The second-order valence-electron chi connectivity index (χ2n) is 6.95. The van der Waals surface area contributed by atoms with Crippen molar-refractivity contribution in [3.05, 3.63) is 48.5 Å². The molecule has 1 unspecified atom stereocenters. The zero-order valence-corrected chi connectivity index (χ0v) is 17.9. The van der Waals surface area contributed by atoms with Crippen LogP contribution in [-0.4, -0.2) is 55.3 Å². The molecule has 1 fully saturated rings. The van der Waals surface area contributed by atoms with Crippen molar-refractivity contribution in [2.45, 2.75) is 24.0 Å². The summed E-state index contributed by atoms with van der Waals surface area (Å²) in [6.07, 6.45) is 0. The Morgan fingerprint density at radius 2 is 1.69 bits per heavy atom. The van der Waals surface area contributed by atoms with E-state index >= 15 is 0 Å². The lowest BCUT2D eigenvalue weighted by Gasteiger charge is -2.37. The first kappa shape index (κ1) is 21.0. The molecule has 2 aromatic rings. The van der Waals surface area contributed by atoms with Gasteiger partial charge in [0.1, 0.15) is 5.75 Å². The van der Waals surface area contributed by atoms with Gasteiger partial charge in [0, 0.05) is 43.7 Å². The van der Waals surface area contributed by atoms with Crippen molar-refractivity contribution in [1.82, 2.24) is 4.90 Å². The number of methoxy groups -OCH3 is 1. The number of thioether (sulfide) groups is 1. The highest BCUT2D eigenvalue weighted by atomic mass is 32.2. The van der Waals surface area contributed by atoms with Crippen LogP contribution in [0.3, 0.4) is 0 Å². The minimum atomic E-state index is -0.167. The molecule has 2 amide bonds.